The molecule has 12 heteroatoms. The zero-order chi connectivity index (χ0) is 21.2. The molecule has 0 aromatic heterocycles. The molecule has 2 aliphatic rings. The highest BCUT2D eigenvalue weighted by Gasteiger charge is 2.37. The lowest BCUT2D eigenvalue weighted by molar-refractivity contribution is 0.201. The lowest BCUT2D eigenvalue weighted by atomic mass is 10.3. The quantitative estimate of drug-likeness (QED) is 0.579. The number of piperazine rings is 2. The topological polar surface area (TPSA) is 99.7 Å². The van der Waals surface area contributed by atoms with E-state index in [1.165, 1.54) is 33.2 Å². The maximum absolute atomic E-state index is 13.1. The van der Waals surface area contributed by atoms with Crippen LogP contribution in [0.4, 0.5) is 0 Å². The number of rotatable bonds is 6. The fourth-order valence-corrected chi connectivity index (χ4v) is 6.62. The number of benzene rings is 1. The van der Waals surface area contributed by atoms with Gasteiger partial charge in [-0.15, -0.1) is 0 Å². The van der Waals surface area contributed by atoms with Crippen LogP contribution < -0.4 is 9.47 Å². The van der Waals surface area contributed by atoms with Crippen LogP contribution in [0.25, 0.3) is 0 Å². The van der Waals surface area contributed by atoms with Crippen LogP contribution in [-0.4, -0.2) is 108 Å². The molecule has 0 spiro atoms. The Kier molecular flexibility index (Phi) is 6.70. The second-order valence-corrected chi connectivity index (χ2v) is 10.9. The SMILES string of the molecule is COc1ccc(OC)c(S(=O)(=O)N2CCN(S(=O)(=O)N3CCN(C)CC3)CC2)c1. The van der Waals surface area contributed by atoms with E-state index in [1.54, 1.807) is 12.1 Å². The molecule has 29 heavy (non-hydrogen) atoms. The van der Waals surface area contributed by atoms with Gasteiger partial charge in [-0.3, -0.25) is 0 Å². The van der Waals surface area contributed by atoms with Gasteiger partial charge in [0.1, 0.15) is 16.4 Å². The van der Waals surface area contributed by atoms with Crippen molar-refractivity contribution in [3.05, 3.63) is 18.2 Å². The number of likely N-dealkylation sites (N-methyl/N-ethyl adjacent to an activating group) is 1. The molecule has 0 atom stereocenters. The first-order valence-corrected chi connectivity index (χ1v) is 12.2. The largest absolute Gasteiger partial charge is 0.497 e. The summed E-state index contributed by atoms with van der Waals surface area (Å²) >= 11 is 0. The van der Waals surface area contributed by atoms with Crippen molar-refractivity contribution >= 4 is 20.2 Å². The molecule has 164 valence electrons. The molecule has 2 saturated heterocycles. The van der Waals surface area contributed by atoms with Crippen LogP contribution in [0.1, 0.15) is 0 Å². The normalized spacial score (nSPS) is 21.2. The third kappa shape index (κ3) is 4.52. The molecule has 2 fully saturated rings. The van der Waals surface area contributed by atoms with Crippen molar-refractivity contribution in [1.29, 1.82) is 0 Å². The van der Waals surface area contributed by atoms with Gasteiger partial charge in [0.05, 0.1) is 14.2 Å². The molecule has 0 saturated carbocycles. The van der Waals surface area contributed by atoms with Gasteiger partial charge < -0.3 is 14.4 Å². The molecular formula is C17H28N4O6S2. The number of nitrogens with zero attached hydrogens (tertiary/aromatic N) is 4. The van der Waals surface area contributed by atoms with E-state index in [1.807, 2.05) is 7.05 Å². The average Bonchev–Trinajstić information content (AvgIpc) is 2.73. The highest BCUT2D eigenvalue weighted by atomic mass is 32.2. The summed E-state index contributed by atoms with van der Waals surface area (Å²) in [6.45, 7) is 2.63. The van der Waals surface area contributed by atoms with Crippen molar-refractivity contribution in [3.8, 4) is 11.5 Å². The van der Waals surface area contributed by atoms with Gasteiger partial charge in [0, 0.05) is 58.4 Å². The molecule has 0 N–H and O–H groups in total. The Morgan fingerprint density at radius 2 is 1.28 bits per heavy atom. The lowest BCUT2D eigenvalue weighted by Crippen LogP contribution is -2.57. The smallest absolute Gasteiger partial charge is 0.282 e. The van der Waals surface area contributed by atoms with Gasteiger partial charge in [-0.1, -0.05) is 0 Å². The first-order chi connectivity index (χ1) is 13.7. The first kappa shape index (κ1) is 22.2. The summed E-state index contributed by atoms with van der Waals surface area (Å²) in [5.74, 6) is 0.624. The number of ether oxygens (including phenoxy) is 2. The van der Waals surface area contributed by atoms with Gasteiger partial charge in [-0.2, -0.15) is 21.3 Å². The van der Waals surface area contributed by atoms with Gasteiger partial charge in [-0.25, -0.2) is 8.42 Å². The summed E-state index contributed by atoms with van der Waals surface area (Å²) in [4.78, 5) is 2.09. The monoisotopic (exact) mass is 448 g/mol. The summed E-state index contributed by atoms with van der Waals surface area (Å²) in [5, 5.41) is 0. The molecule has 0 unspecified atom stereocenters. The van der Waals surface area contributed by atoms with Gasteiger partial charge in [0.2, 0.25) is 10.0 Å². The van der Waals surface area contributed by atoms with E-state index in [0.29, 0.717) is 31.9 Å². The van der Waals surface area contributed by atoms with E-state index in [4.69, 9.17) is 9.47 Å². The summed E-state index contributed by atoms with van der Waals surface area (Å²) < 4.78 is 66.5. The van der Waals surface area contributed by atoms with E-state index < -0.39 is 20.2 Å². The molecule has 0 bridgehead atoms. The minimum atomic E-state index is -3.85. The van der Waals surface area contributed by atoms with Gasteiger partial charge >= 0.3 is 0 Å². The lowest BCUT2D eigenvalue weighted by Gasteiger charge is -2.38. The van der Waals surface area contributed by atoms with E-state index in [-0.39, 0.29) is 36.8 Å². The van der Waals surface area contributed by atoms with Crippen molar-refractivity contribution < 1.29 is 26.3 Å². The average molecular weight is 449 g/mol. The van der Waals surface area contributed by atoms with Crippen LogP contribution in [-0.2, 0) is 20.2 Å². The Bertz CT molecular complexity index is 921. The van der Waals surface area contributed by atoms with E-state index >= 15 is 0 Å². The molecular weight excluding hydrogens is 420 g/mol. The second-order valence-electron chi connectivity index (χ2n) is 7.03. The zero-order valence-electron chi connectivity index (χ0n) is 16.9. The van der Waals surface area contributed by atoms with Crippen molar-refractivity contribution in [2.24, 2.45) is 0 Å². The molecule has 0 amide bonds. The van der Waals surface area contributed by atoms with Crippen LogP contribution in [0, 0.1) is 0 Å². The van der Waals surface area contributed by atoms with Crippen LogP contribution in [0.15, 0.2) is 23.1 Å². The molecule has 2 heterocycles. The Balaban J connectivity index is 1.73. The van der Waals surface area contributed by atoms with Crippen molar-refractivity contribution in [3.63, 3.8) is 0 Å². The summed E-state index contributed by atoms with van der Waals surface area (Å²) in [5.41, 5.74) is 0. The number of hydrogen-bond acceptors (Lipinski definition) is 7. The Labute approximate surface area is 172 Å². The molecule has 1 aromatic carbocycles. The van der Waals surface area contributed by atoms with E-state index in [0.717, 1.165) is 0 Å². The predicted molar refractivity (Wildman–Crippen MR) is 108 cm³/mol. The molecule has 1 aromatic rings. The van der Waals surface area contributed by atoms with Crippen LogP contribution in [0.2, 0.25) is 0 Å². The van der Waals surface area contributed by atoms with Crippen LogP contribution in [0.3, 0.4) is 0 Å². The summed E-state index contributed by atoms with van der Waals surface area (Å²) in [7, 11) is -2.62. The third-order valence-electron chi connectivity index (χ3n) is 5.30. The first-order valence-electron chi connectivity index (χ1n) is 9.36. The maximum Gasteiger partial charge on any atom is 0.282 e. The predicted octanol–water partition coefficient (Wildman–Crippen LogP) is -0.498. The fourth-order valence-electron chi connectivity index (χ4n) is 3.45. The van der Waals surface area contributed by atoms with Crippen LogP contribution in [0.5, 0.6) is 11.5 Å². The molecule has 0 radical (unpaired) electrons. The minimum Gasteiger partial charge on any atom is -0.497 e. The molecule has 2 aliphatic heterocycles. The Morgan fingerprint density at radius 1 is 0.759 bits per heavy atom. The molecule has 3 rings (SSSR count). The zero-order valence-corrected chi connectivity index (χ0v) is 18.6. The standard InChI is InChI=1S/C17H28N4O6S2/c1-18-6-8-20(9-7-18)29(24,25)21-12-10-19(11-13-21)28(22,23)17-14-15(26-2)4-5-16(17)27-3/h4-5,14H,6-13H2,1-3H3. The third-order valence-corrected chi connectivity index (χ3v) is 9.26. The maximum atomic E-state index is 13.1. The minimum absolute atomic E-state index is 0.00900. The van der Waals surface area contributed by atoms with Crippen molar-refractivity contribution in [1.82, 2.24) is 17.8 Å². The van der Waals surface area contributed by atoms with Crippen molar-refractivity contribution in [2.75, 3.05) is 73.6 Å². The Morgan fingerprint density at radius 3 is 1.79 bits per heavy atom. The fraction of sp³-hybridized carbons (Fsp3) is 0.647. The van der Waals surface area contributed by atoms with Crippen molar-refractivity contribution in [2.45, 2.75) is 4.90 Å². The number of hydrogen-bond donors (Lipinski definition) is 0. The Hall–Kier alpha value is -1.44. The van der Waals surface area contributed by atoms with Gasteiger partial charge in [0.15, 0.2) is 0 Å². The second kappa shape index (κ2) is 8.74. The van der Waals surface area contributed by atoms with Gasteiger partial charge in [0.25, 0.3) is 10.2 Å². The number of methoxy groups -OCH3 is 2. The van der Waals surface area contributed by atoms with Crippen LogP contribution >= 0.6 is 0 Å². The van der Waals surface area contributed by atoms with E-state index in [2.05, 4.69) is 4.90 Å². The number of sulfonamides is 1. The summed E-state index contributed by atoms with van der Waals surface area (Å²) in [6, 6.07) is 4.58. The molecule has 10 nitrogen and oxygen atoms in total. The van der Waals surface area contributed by atoms with Gasteiger partial charge in [-0.05, 0) is 19.2 Å². The highest BCUT2D eigenvalue weighted by molar-refractivity contribution is 7.89. The summed E-state index contributed by atoms with van der Waals surface area (Å²) in [6.07, 6.45) is 0. The highest BCUT2D eigenvalue weighted by Crippen LogP contribution is 2.31. The molecule has 0 aliphatic carbocycles. The van der Waals surface area contributed by atoms with E-state index in [9.17, 15) is 16.8 Å².